The molecule has 0 aromatic heterocycles. The number of hydrogen-bond donors (Lipinski definition) is 2. The molecule has 2 aromatic carbocycles. The highest BCUT2D eigenvalue weighted by Gasteiger charge is 2.23. The van der Waals surface area contributed by atoms with E-state index in [1.807, 2.05) is 4.90 Å². The largest absolute Gasteiger partial charge is 0.479 e. The van der Waals surface area contributed by atoms with E-state index < -0.39 is 16.9 Å². The van der Waals surface area contributed by atoms with E-state index in [-0.39, 0.29) is 10.7 Å². The van der Waals surface area contributed by atoms with Gasteiger partial charge in [0.2, 0.25) is 0 Å². The summed E-state index contributed by atoms with van der Waals surface area (Å²) in [6, 6.07) is 9.34. The van der Waals surface area contributed by atoms with Crippen LogP contribution in [0.25, 0.3) is 0 Å². The molecular weight excluding hydrogens is 419 g/mol. The molecule has 1 aliphatic rings. The van der Waals surface area contributed by atoms with E-state index >= 15 is 0 Å². The molecule has 1 unspecified atom stereocenters. The third-order valence-electron chi connectivity index (χ3n) is 4.46. The topological polar surface area (TPSA) is 96.7 Å². The van der Waals surface area contributed by atoms with Crippen LogP contribution in [0.1, 0.15) is 6.92 Å². The Balaban J connectivity index is 1.72. The van der Waals surface area contributed by atoms with Gasteiger partial charge in [-0.05, 0) is 37.3 Å². The molecule has 10 heteroatoms. The summed E-state index contributed by atoms with van der Waals surface area (Å²) >= 11 is 11.9. The van der Waals surface area contributed by atoms with Crippen molar-refractivity contribution in [2.24, 2.45) is 0 Å². The SMILES string of the molecule is CC(Oc1ccc(Cl)cc1Cl)C(=O)Nc1ccc(N2CCNCC2)c([N+](=O)[O-])c1. The van der Waals surface area contributed by atoms with Crippen LogP contribution in [0.5, 0.6) is 5.75 Å². The number of amides is 1. The number of nitro groups is 1. The number of piperazine rings is 1. The van der Waals surface area contributed by atoms with Gasteiger partial charge in [0.1, 0.15) is 11.4 Å². The zero-order chi connectivity index (χ0) is 21.0. The Labute approximate surface area is 177 Å². The molecule has 2 aromatic rings. The van der Waals surface area contributed by atoms with Crippen LogP contribution in [-0.2, 0) is 4.79 Å². The van der Waals surface area contributed by atoms with Crippen LogP contribution >= 0.6 is 23.2 Å². The molecule has 8 nitrogen and oxygen atoms in total. The highest BCUT2D eigenvalue weighted by Crippen LogP contribution is 2.32. The summed E-state index contributed by atoms with van der Waals surface area (Å²) in [5.74, 6) is -0.140. The van der Waals surface area contributed by atoms with Crippen molar-refractivity contribution < 1.29 is 14.5 Å². The number of ether oxygens (including phenoxy) is 1. The van der Waals surface area contributed by atoms with E-state index in [9.17, 15) is 14.9 Å². The average Bonchev–Trinajstić information content (AvgIpc) is 2.70. The third kappa shape index (κ3) is 5.29. The average molecular weight is 439 g/mol. The number of anilines is 2. The summed E-state index contributed by atoms with van der Waals surface area (Å²) in [5.41, 5.74) is 0.795. The fraction of sp³-hybridized carbons (Fsp3) is 0.316. The molecule has 0 bridgehead atoms. The van der Waals surface area contributed by atoms with Gasteiger partial charge in [-0.25, -0.2) is 0 Å². The minimum absolute atomic E-state index is 0.0565. The van der Waals surface area contributed by atoms with Crippen molar-refractivity contribution in [3.63, 3.8) is 0 Å². The van der Waals surface area contributed by atoms with E-state index in [2.05, 4.69) is 10.6 Å². The molecule has 1 aliphatic heterocycles. The number of carbonyl (C=O) groups is 1. The molecule has 1 saturated heterocycles. The van der Waals surface area contributed by atoms with Gasteiger partial charge in [0, 0.05) is 43.0 Å². The molecule has 154 valence electrons. The minimum Gasteiger partial charge on any atom is -0.479 e. The number of nitro benzene ring substituents is 1. The zero-order valence-corrected chi connectivity index (χ0v) is 17.2. The van der Waals surface area contributed by atoms with Gasteiger partial charge in [0.25, 0.3) is 11.6 Å². The van der Waals surface area contributed by atoms with Gasteiger partial charge in [0.15, 0.2) is 6.10 Å². The summed E-state index contributed by atoms with van der Waals surface area (Å²) in [6.07, 6.45) is -0.874. The van der Waals surface area contributed by atoms with Crippen molar-refractivity contribution in [1.82, 2.24) is 5.32 Å². The number of nitrogens with one attached hydrogen (secondary N) is 2. The second kappa shape index (κ2) is 9.30. The highest BCUT2D eigenvalue weighted by atomic mass is 35.5. The Morgan fingerprint density at radius 2 is 1.97 bits per heavy atom. The van der Waals surface area contributed by atoms with Gasteiger partial charge in [0.05, 0.1) is 9.95 Å². The lowest BCUT2D eigenvalue weighted by atomic mass is 10.2. The number of hydrogen-bond acceptors (Lipinski definition) is 6. The van der Waals surface area contributed by atoms with Crippen LogP contribution in [0.4, 0.5) is 17.1 Å². The Hall–Kier alpha value is -2.55. The summed E-state index contributed by atoms with van der Waals surface area (Å²) in [6.45, 7) is 4.44. The molecule has 1 atom stereocenters. The quantitative estimate of drug-likeness (QED) is 0.526. The van der Waals surface area contributed by atoms with Crippen LogP contribution in [0, 0.1) is 10.1 Å². The molecule has 0 spiro atoms. The maximum Gasteiger partial charge on any atom is 0.294 e. The maximum atomic E-state index is 12.5. The summed E-state index contributed by atoms with van der Waals surface area (Å²) < 4.78 is 5.58. The first-order valence-electron chi connectivity index (χ1n) is 9.02. The summed E-state index contributed by atoms with van der Waals surface area (Å²) in [5, 5.41) is 18.1. The molecule has 1 fully saturated rings. The summed E-state index contributed by atoms with van der Waals surface area (Å²) in [4.78, 5) is 25.5. The third-order valence-corrected chi connectivity index (χ3v) is 4.99. The number of carbonyl (C=O) groups excluding carboxylic acids is 1. The Morgan fingerprint density at radius 3 is 2.62 bits per heavy atom. The smallest absolute Gasteiger partial charge is 0.294 e. The second-order valence-corrected chi connectivity index (χ2v) is 7.37. The molecule has 3 rings (SSSR count). The van der Waals surface area contributed by atoms with E-state index in [1.165, 1.54) is 12.1 Å². The maximum absolute atomic E-state index is 12.5. The summed E-state index contributed by atoms with van der Waals surface area (Å²) in [7, 11) is 0. The van der Waals surface area contributed by atoms with E-state index in [1.54, 1.807) is 31.2 Å². The number of halogens is 2. The first-order valence-corrected chi connectivity index (χ1v) is 9.77. The van der Waals surface area contributed by atoms with Crippen molar-refractivity contribution >= 4 is 46.2 Å². The lowest BCUT2D eigenvalue weighted by molar-refractivity contribution is -0.384. The van der Waals surface area contributed by atoms with E-state index in [0.29, 0.717) is 35.2 Å². The highest BCUT2D eigenvalue weighted by molar-refractivity contribution is 6.35. The van der Waals surface area contributed by atoms with Gasteiger partial charge in [-0.1, -0.05) is 23.2 Å². The van der Waals surface area contributed by atoms with E-state index in [4.69, 9.17) is 27.9 Å². The molecule has 0 radical (unpaired) electrons. The van der Waals surface area contributed by atoms with Crippen molar-refractivity contribution in [3.05, 3.63) is 56.6 Å². The Bertz CT molecular complexity index is 919. The monoisotopic (exact) mass is 438 g/mol. The predicted molar refractivity (Wildman–Crippen MR) is 113 cm³/mol. The van der Waals surface area contributed by atoms with Crippen molar-refractivity contribution in [2.75, 3.05) is 36.4 Å². The Morgan fingerprint density at radius 1 is 1.24 bits per heavy atom. The van der Waals surface area contributed by atoms with E-state index in [0.717, 1.165) is 13.1 Å². The van der Waals surface area contributed by atoms with Crippen LogP contribution in [0.3, 0.4) is 0 Å². The molecule has 29 heavy (non-hydrogen) atoms. The van der Waals surface area contributed by atoms with Crippen molar-refractivity contribution in [1.29, 1.82) is 0 Å². The lowest BCUT2D eigenvalue weighted by Crippen LogP contribution is -2.43. The normalized spacial score (nSPS) is 14.9. The van der Waals surface area contributed by atoms with Crippen LogP contribution < -0.4 is 20.3 Å². The standard InChI is InChI=1S/C19H20Cl2N4O4/c1-12(29-18-5-2-13(20)10-15(18)21)19(26)23-14-3-4-16(17(11-14)25(27)28)24-8-6-22-7-9-24/h2-5,10-12,22H,6-9H2,1H3,(H,23,26). The predicted octanol–water partition coefficient (Wildman–Crippen LogP) is 3.72. The fourth-order valence-corrected chi connectivity index (χ4v) is 3.43. The second-order valence-electron chi connectivity index (χ2n) is 6.52. The van der Waals surface area contributed by atoms with Gasteiger partial charge in [-0.15, -0.1) is 0 Å². The van der Waals surface area contributed by atoms with Gasteiger partial charge in [-0.2, -0.15) is 0 Å². The fourth-order valence-electron chi connectivity index (χ4n) is 2.98. The first-order chi connectivity index (χ1) is 13.8. The van der Waals surface area contributed by atoms with Gasteiger partial charge in [-0.3, -0.25) is 14.9 Å². The number of benzene rings is 2. The van der Waals surface area contributed by atoms with Crippen molar-refractivity contribution in [3.8, 4) is 5.75 Å². The van der Waals surface area contributed by atoms with Gasteiger partial charge < -0.3 is 20.3 Å². The molecule has 1 heterocycles. The van der Waals surface area contributed by atoms with Crippen LogP contribution in [-0.4, -0.2) is 43.1 Å². The van der Waals surface area contributed by atoms with Crippen molar-refractivity contribution in [2.45, 2.75) is 13.0 Å². The zero-order valence-electron chi connectivity index (χ0n) is 15.7. The molecule has 2 N–H and O–H groups in total. The molecular formula is C19H20Cl2N4O4. The number of rotatable bonds is 6. The molecule has 1 amide bonds. The first kappa shape index (κ1) is 21.2. The molecule has 0 aliphatic carbocycles. The molecule has 0 saturated carbocycles. The number of nitrogens with zero attached hydrogens (tertiary/aromatic N) is 2. The van der Waals surface area contributed by atoms with Gasteiger partial charge >= 0.3 is 0 Å². The van der Waals surface area contributed by atoms with Crippen LogP contribution in [0.15, 0.2) is 36.4 Å². The van der Waals surface area contributed by atoms with Crippen LogP contribution in [0.2, 0.25) is 10.0 Å². The lowest BCUT2D eigenvalue weighted by Gasteiger charge is -2.29. The minimum atomic E-state index is -0.874. The Kier molecular flexibility index (Phi) is 6.79.